The highest BCUT2D eigenvalue weighted by Gasteiger charge is 2.59. The van der Waals surface area contributed by atoms with Gasteiger partial charge in [-0.2, -0.15) is 0 Å². The number of Topliss-reactive ketones (excluding diaryl/α,β-unsaturated/α-hetero) is 1. The topological polar surface area (TPSA) is 75.7 Å². The summed E-state index contributed by atoms with van der Waals surface area (Å²) < 4.78 is 5.53. The molecule has 27 heavy (non-hydrogen) atoms. The zero-order valence-corrected chi connectivity index (χ0v) is 14.8. The molecule has 2 fully saturated rings. The number of carbonyl (C=O) groups excluding carboxylic acids is 3. The molecule has 0 aromatic heterocycles. The Kier molecular flexibility index (Phi) is 4.39. The number of amides is 2. The van der Waals surface area contributed by atoms with Gasteiger partial charge in [0.1, 0.15) is 6.61 Å². The number of rotatable bonds is 5. The van der Waals surface area contributed by atoms with Crippen molar-refractivity contribution in [3.05, 3.63) is 71.8 Å². The lowest BCUT2D eigenvalue weighted by atomic mass is 9.80. The molecule has 2 aromatic rings. The van der Waals surface area contributed by atoms with Crippen LogP contribution in [0.4, 0.5) is 4.79 Å². The molecule has 1 N–H and O–H groups in total. The van der Waals surface area contributed by atoms with Gasteiger partial charge >= 0.3 is 12.0 Å². The van der Waals surface area contributed by atoms with Crippen molar-refractivity contribution in [2.45, 2.75) is 31.0 Å². The van der Waals surface area contributed by atoms with Crippen LogP contribution in [-0.2, 0) is 16.1 Å². The van der Waals surface area contributed by atoms with Crippen molar-refractivity contribution < 1.29 is 19.1 Å². The Morgan fingerprint density at radius 1 is 1.07 bits per heavy atom. The summed E-state index contributed by atoms with van der Waals surface area (Å²) in [5.41, 5.74) is -0.396. The van der Waals surface area contributed by atoms with Crippen LogP contribution in [0.2, 0.25) is 0 Å². The van der Waals surface area contributed by atoms with E-state index in [2.05, 4.69) is 5.32 Å². The first kappa shape index (κ1) is 17.3. The van der Waals surface area contributed by atoms with Gasteiger partial charge in [-0.15, -0.1) is 0 Å². The molecule has 6 heteroatoms. The summed E-state index contributed by atoms with van der Waals surface area (Å²) in [5, 5.41) is 2.83. The van der Waals surface area contributed by atoms with Gasteiger partial charge in [-0.25, -0.2) is 9.59 Å². The highest BCUT2D eigenvalue weighted by atomic mass is 16.5. The molecule has 0 saturated carbocycles. The van der Waals surface area contributed by atoms with Gasteiger partial charge in [0.2, 0.25) is 5.54 Å². The van der Waals surface area contributed by atoms with Gasteiger partial charge in [0.25, 0.3) is 0 Å². The van der Waals surface area contributed by atoms with Gasteiger partial charge in [0.15, 0.2) is 5.78 Å². The summed E-state index contributed by atoms with van der Waals surface area (Å²) in [6, 6.07) is 17.5. The number of hydrogen-bond acceptors (Lipinski definition) is 4. The average molecular weight is 364 g/mol. The summed E-state index contributed by atoms with van der Waals surface area (Å²) in [7, 11) is 0. The third-order valence-electron chi connectivity index (χ3n) is 5.25. The van der Waals surface area contributed by atoms with Crippen LogP contribution in [0.3, 0.4) is 0 Å². The quantitative estimate of drug-likeness (QED) is 0.503. The van der Waals surface area contributed by atoms with Crippen LogP contribution < -0.4 is 5.32 Å². The SMILES string of the molecule is O=C1NC2CCC(C(=O)OCc3ccccc3)(C(=O)c3ccccc3)N1C2. The maximum absolute atomic E-state index is 13.4. The molecule has 2 amide bonds. The first-order valence-corrected chi connectivity index (χ1v) is 9.00. The Bertz CT molecular complexity index is 868. The van der Waals surface area contributed by atoms with Crippen LogP contribution in [0.1, 0.15) is 28.8 Å². The lowest BCUT2D eigenvalue weighted by molar-refractivity contribution is -0.155. The highest BCUT2D eigenvalue weighted by Crippen LogP contribution is 2.36. The van der Waals surface area contributed by atoms with Crippen LogP contribution in [0.15, 0.2) is 60.7 Å². The fourth-order valence-electron chi connectivity index (χ4n) is 3.82. The predicted molar refractivity (Wildman–Crippen MR) is 98.0 cm³/mol. The second-order valence-electron chi connectivity index (χ2n) is 6.91. The number of piperidine rings is 1. The van der Waals surface area contributed by atoms with Crippen LogP contribution in [0.25, 0.3) is 0 Å². The Morgan fingerprint density at radius 2 is 1.74 bits per heavy atom. The molecule has 2 aliphatic rings. The summed E-state index contributed by atoms with van der Waals surface area (Å²) in [5.74, 6) is -1.06. The van der Waals surface area contributed by atoms with E-state index in [9.17, 15) is 14.4 Å². The summed E-state index contributed by atoms with van der Waals surface area (Å²) in [4.78, 5) is 40.4. The standard InChI is InChI=1S/C21H20N2O4/c24-18(16-9-5-2-6-10-16)21(12-11-17-13-23(21)20(26)22-17)19(25)27-14-15-7-3-1-4-8-15/h1-10,17H,11-14H2,(H,22,26). The number of urea groups is 1. The lowest BCUT2D eigenvalue weighted by Gasteiger charge is -2.40. The van der Waals surface area contributed by atoms with E-state index in [0.717, 1.165) is 5.56 Å². The molecule has 0 radical (unpaired) electrons. The molecule has 2 unspecified atom stereocenters. The first-order valence-electron chi connectivity index (χ1n) is 9.00. The number of ketones is 1. The van der Waals surface area contributed by atoms with Crippen LogP contribution in [0.5, 0.6) is 0 Å². The summed E-state index contributed by atoms with van der Waals surface area (Å²) >= 11 is 0. The number of fused-ring (bicyclic) bond motifs is 2. The van der Waals surface area contributed by atoms with Gasteiger partial charge < -0.3 is 10.1 Å². The lowest BCUT2D eigenvalue weighted by Crippen LogP contribution is -2.63. The van der Waals surface area contributed by atoms with Crippen molar-refractivity contribution in [3.8, 4) is 0 Å². The first-order chi connectivity index (χ1) is 13.1. The Hall–Kier alpha value is -3.15. The Balaban J connectivity index is 1.67. The molecular formula is C21H20N2O4. The third-order valence-corrected chi connectivity index (χ3v) is 5.25. The van der Waals surface area contributed by atoms with Gasteiger partial charge in [-0.1, -0.05) is 60.7 Å². The van der Waals surface area contributed by atoms with E-state index in [0.29, 0.717) is 18.5 Å². The zero-order valence-electron chi connectivity index (χ0n) is 14.8. The second-order valence-corrected chi connectivity index (χ2v) is 6.91. The number of benzene rings is 2. The molecule has 2 atom stereocenters. The number of ether oxygens (including phenoxy) is 1. The van der Waals surface area contributed by atoms with Gasteiger partial charge in [-0.05, 0) is 18.4 Å². The van der Waals surface area contributed by atoms with Crippen molar-refractivity contribution in [2.75, 3.05) is 6.54 Å². The van der Waals surface area contributed by atoms with Gasteiger partial charge in [-0.3, -0.25) is 9.69 Å². The third kappa shape index (κ3) is 2.97. The van der Waals surface area contributed by atoms with Crippen molar-refractivity contribution in [1.29, 1.82) is 0 Å². The number of nitrogens with zero attached hydrogens (tertiary/aromatic N) is 1. The van der Waals surface area contributed by atoms with Crippen molar-refractivity contribution in [2.24, 2.45) is 0 Å². The van der Waals surface area contributed by atoms with E-state index < -0.39 is 23.3 Å². The van der Waals surface area contributed by atoms with Crippen molar-refractivity contribution in [1.82, 2.24) is 10.2 Å². The number of carbonyl (C=O) groups is 3. The number of hydrogen-bond donors (Lipinski definition) is 1. The van der Waals surface area contributed by atoms with Crippen LogP contribution in [0, 0.1) is 0 Å². The zero-order chi connectivity index (χ0) is 18.9. The molecule has 138 valence electrons. The normalized spacial score (nSPS) is 23.6. The Labute approximate surface area is 157 Å². The molecule has 2 saturated heterocycles. The predicted octanol–water partition coefficient (Wildman–Crippen LogP) is 2.54. The smallest absolute Gasteiger partial charge is 0.340 e. The minimum Gasteiger partial charge on any atom is -0.459 e. The van der Waals surface area contributed by atoms with E-state index in [1.54, 1.807) is 30.3 Å². The van der Waals surface area contributed by atoms with Crippen molar-refractivity contribution in [3.63, 3.8) is 0 Å². The van der Waals surface area contributed by atoms with E-state index in [-0.39, 0.29) is 19.1 Å². The molecule has 0 aliphatic carbocycles. The fraction of sp³-hybridized carbons (Fsp3) is 0.286. The average Bonchev–Trinajstić information content (AvgIpc) is 3.03. The largest absolute Gasteiger partial charge is 0.459 e. The van der Waals surface area contributed by atoms with E-state index in [4.69, 9.17) is 4.74 Å². The summed E-state index contributed by atoms with van der Waals surface area (Å²) in [6.45, 7) is 0.389. The van der Waals surface area contributed by atoms with Gasteiger partial charge in [0.05, 0.1) is 0 Å². The molecular weight excluding hydrogens is 344 g/mol. The Morgan fingerprint density at radius 3 is 2.44 bits per heavy atom. The van der Waals surface area contributed by atoms with Crippen molar-refractivity contribution >= 4 is 17.8 Å². The van der Waals surface area contributed by atoms with E-state index in [1.807, 2.05) is 30.3 Å². The molecule has 2 aliphatic heterocycles. The molecule has 4 rings (SSSR count). The fourth-order valence-corrected chi connectivity index (χ4v) is 3.82. The minimum absolute atomic E-state index is 0.0314. The molecule has 2 bridgehead atoms. The van der Waals surface area contributed by atoms with Crippen LogP contribution in [-0.4, -0.2) is 40.8 Å². The second kappa shape index (κ2) is 6.87. The molecule has 6 nitrogen and oxygen atoms in total. The monoisotopic (exact) mass is 364 g/mol. The molecule has 2 aromatic carbocycles. The van der Waals surface area contributed by atoms with E-state index >= 15 is 0 Å². The minimum atomic E-state index is -1.62. The molecule has 2 heterocycles. The molecule has 0 spiro atoms. The van der Waals surface area contributed by atoms with Gasteiger partial charge in [0, 0.05) is 18.2 Å². The number of nitrogens with one attached hydrogen (secondary N) is 1. The number of esters is 1. The summed E-state index contributed by atoms with van der Waals surface area (Å²) in [6.07, 6.45) is 0.805. The van der Waals surface area contributed by atoms with E-state index in [1.165, 1.54) is 4.90 Å². The highest BCUT2D eigenvalue weighted by molar-refractivity contribution is 6.18. The van der Waals surface area contributed by atoms with Crippen LogP contribution >= 0.6 is 0 Å². The maximum atomic E-state index is 13.4. The maximum Gasteiger partial charge on any atom is 0.340 e.